The number of aliphatic hydroxyl groups is 2. The molecule has 3 N–H and O–H groups in total. The number of allylic oxidation sites excluding steroid dienone is 1. The summed E-state index contributed by atoms with van der Waals surface area (Å²) in [5, 5.41) is 38.9. The van der Waals surface area contributed by atoms with Gasteiger partial charge in [0.1, 0.15) is 30.5 Å². The second-order valence-electron chi connectivity index (χ2n) is 19.2. The maximum atomic E-state index is 15.0. The fourth-order valence-corrected chi connectivity index (χ4v) is 10.9. The molecule has 390 valence electrons. The van der Waals surface area contributed by atoms with Crippen LogP contribution in [0, 0.1) is 33.7 Å². The SMILES string of the molecule is C=CCOC12Oc3ccc(OC(=O)NCCCCCCCCCCCC)cc3C3C(CCCCO)C(CCCCO)C=C(C(=NOC)CC1N(Cc1ccc(F)cc1)C(=O)C=Cc1ccc([N+](=O)[O-])cc1)C32. The van der Waals surface area contributed by atoms with Crippen molar-refractivity contribution in [2.75, 3.05) is 33.5 Å². The summed E-state index contributed by atoms with van der Waals surface area (Å²) in [5.74, 6) is -2.77. The zero-order valence-corrected chi connectivity index (χ0v) is 42.2. The van der Waals surface area contributed by atoms with Crippen LogP contribution in [0.25, 0.3) is 6.08 Å². The van der Waals surface area contributed by atoms with E-state index in [1.54, 1.807) is 53.5 Å². The Labute approximate surface area is 424 Å². The van der Waals surface area contributed by atoms with Gasteiger partial charge in [-0.05, 0) is 109 Å². The molecule has 0 spiro atoms. The molecule has 6 atom stereocenters. The molecule has 6 rings (SSSR count). The second-order valence-corrected chi connectivity index (χ2v) is 19.2. The number of rotatable bonds is 30. The van der Waals surface area contributed by atoms with Crippen molar-refractivity contribution in [1.82, 2.24) is 10.2 Å². The number of nitro benzene ring substituents is 1. The molecular weight excluding hydrogens is 920 g/mol. The summed E-state index contributed by atoms with van der Waals surface area (Å²) in [4.78, 5) is 46.6. The summed E-state index contributed by atoms with van der Waals surface area (Å²) in [7, 11) is 1.47. The second kappa shape index (κ2) is 28.4. The van der Waals surface area contributed by atoms with Gasteiger partial charge in [-0.3, -0.25) is 14.9 Å². The van der Waals surface area contributed by atoms with Crippen LogP contribution in [0.4, 0.5) is 14.9 Å². The molecule has 6 unspecified atom stereocenters. The van der Waals surface area contributed by atoms with E-state index in [-0.39, 0.29) is 56.2 Å². The fraction of sp³-hybridized carbons (Fsp3) is 0.526. The van der Waals surface area contributed by atoms with E-state index < -0.39 is 40.5 Å². The minimum atomic E-state index is -1.60. The van der Waals surface area contributed by atoms with Crippen LogP contribution in [0.3, 0.4) is 0 Å². The average Bonchev–Trinajstić information content (AvgIpc) is 3.38. The number of nitrogens with zero attached hydrogens (tertiary/aromatic N) is 3. The number of halogens is 1. The van der Waals surface area contributed by atoms with Crippen LogP contribution >= 0.6 is 0 Å². The van der Waals surface area contributed by atoms with Crippen molar-refractivity contribution in [3.8, 4) is 11.5 Å². The molecule has 2 aliphatic carbocycles. The first-order chi connectivity index (χ1) is 35.1. The number of fused-ring (bicyclic) bond motifs is 2. The van der Waals surface area contributed by atoms with Crippen molar-refractivity contribution in [3.05, 3.63) is 130 Å². The molecule has 15 heteroatoms. The number of carbonyl (C=O) groups excluding carboxylic acids is 2. The minimum absolute atomic E-state index is 0.00518. The van der Waals surface area contributed by atoms with E-state index in [9.17, 15) is 29.5 Å². The third kappa shape index (κ3) is 14.6. The summed E-state index contributed by atoms with van der Waals surface area (Å²) in [6.07, 6.45) is 22.4. The number of oxime groups is 1. The lowest BCUT2D eigenvalue weighted by Crippen LogP contribution is -2.70. The largest absolute Gasteiger partial charge is 0.459 e. The van der Waals surface area contributed by atoms with E-state index >= 15 is 4.79 Å². The highest BCUT2D eigenvalue weighted by atomic mass is 19.1. The highest BCUT2D eigenvalue weighted by molar-refractivity contribution is 6.03. The highest BCUT2D eigenvalue weighted by Crippen LogP contribution is 2.62. The quantitative estimate of drug-likeness (QED) is 0.0191. The lowest BCUT2D eigenvalue weighted by atomic mass is 9.55. The lowest BCUT2D eigenvalue weighted by Gasteiger charge is -2.60. The summed E-state index contributed by atoms with van der Waals surface area (Å²) in [6, 6.07) is 16.2. The number of benzene rings is 3. The van der Waals surface area contributed by atoms with Gasteiger partial charge in [-0.1, -0.05) is 107 Å². The Hall–Kier alpha value is -5.90. The van der Waals surface area contributed by atoms with Crippen molar-refractivity contribution >= 4 is 29.5 Å². The molecule has 0 aromatic heterocycles. The predicted molar refractivity (Wildman–Crippen MR) is 277 cm³/mol. The van der Waals surface area contributed by atoms with E-state index in [0.29, 0.717) is 60.6 Å². The van der Waals surface area contributed by atoms with Crippen molar-refractivity contribution in [2.24, 2.45) is 22.9 Å². The lowest BCUT2D eigenvalue weighted by molar-refractivity contribution is -0.384. The zero-order chi connectivity index (χ0) is 51.3. The Balaban J connectivity index is 1.41. The maximum Gasteiger partial charge on any atom is 0.412 e. The Morgan fingerprint density at radius 3 is 2.26 bits per heavy atom. The number of hydrogen-bond acceptors (Lipinski definition) is 11. The molecule has 72 heavy (non-hydrogen) atoms. The van der Waals surface area contributed by atoms with Crippen molar-refractivity contribution in [1.29, 1.82) is 0 Å². The number of carbonyl (C=O) groups is 2. The van der Waals surface area contributed by atoms with Crippen LogP contribution in [0.1, 0.15) is 139 Å². The molecule has 0 bridgehead atoms. The molecule has 1 heterocycles. The molecule has 3 aromatic carbocycles. The molecule has 2 amide bonds. The van der Waals surface area contributed by atoms with Crippen molar-refractivity contribution < 1.29 is 48.2 Å². The standard InChI is InChI=1S/C57H75FN4O10/c1-4-6-7-8-9-10-11-12-13-16-33-59-56(66)71-46-30-31-51-49(38-46)54-47(20-15-18-35-64)43(19-14-17-34-63)37-48-50(60-69-3)39-52(57(72-51,55(48)54)70-36-5-2)61(40-42-21-26-44(58)27-22-42)53(65)32-25-41-23-28-45(29-24-41)62(67)68/h5,21-32,37-38,43,47,52,54-55,63-64H,2,4,6-20,33-36,39-40H2,1,3H3,(H,59,66). The predicted octanol–water partition coefficient (Wildman–Crippen LogP) is 11.7. The fourth-order valence-electron chi connectivity index (χ4n) is 10.9. The maximum absolute atomic E-state index is 15.0. The first-order valence-electron chi connectivity index (χ1n) is 26.1. The van der Waals surface area contributed by atoms with Gasteiger partial charge in [0, 0.05) is 62.4 Å². The van der Waals surface area contributed by atoms with Gasteiger partial charge in [0.15, 0.2) is 0 Å². The summed E-state index contributed by atoms with van der Waals surface area (Å²) >= 11 is 0. The molecule has 1 fully saturated rings. The molecule has 14 nitrogen and oxygen atoms in total. The van der Waals surface area contributed by atoms with Crippen LogP contribution in [-0.2, 0) is 20.9 Å². The van der Waals surface area contributed by atoms with Crippen LogP contribution in [0.5, 0.6) is 11.5 Å². The van der Waals surface area contributed by atoms with Gasteiger partial charge >= 0.3 is 6.09 Å². The molecule has 1 saturated carbocycles. The number of aliphatic hydroxyl groups excluding tert-OH is 2. The topological polar surface area (TPSA) is 182 Å². The first-order valence-corrected chi connectivity index (χ1v) is 26.1. The number of nitrogens with one attached hydrogen (secondary N) is 1. The minimum Gasteiger partial charge on any atom is -0.459 e. The van der Waals surface area contributed by atoms with Crippen molar-refractivity contribution in [3.63, 3.8) is 0 Å². The van der Waals surface area contributed by atoms with Gasteiger partial charge in [-0.2, -0.15) is 0 Å². The number of non-ortho nitro benzene ring substituents is 1. The molecule has 0 radical (unpaired) electrons. The van der Waals surface area contributed by atoms with E-state index in [1.165, 1.54) is 82.4 Å². The third-order valence-electron chi connectivity index (χ3n) is 14.3. The highest BCUT2D eigenvalue weighted by Gasteiger charge is 2.65. The van der Waals surface area contributed by atoms with Gasteiger partial charge in [0.05, 0.1) is 23.2 Å². The number of unbranched alkanes of at least 4 members (excludes halogenated alkanes) is 11. The Morgan fingerprint density at radius 1 is 0.931 bits per heavy atom. The Kier molecular flexibility index (Phi) is 21.8. The third-order valence-corrected chi connectivity index (χ3v) is 14.3. The Morgan fingerprint density at radius 2 is 1.61 bits per heavy atom. The molecule has 1 aliphatic heterocycles. The van der Waals surface area contributed by atoms with Crippen LogP contribution in [-0.4, -0.2) is 83.1 Å². The molecule has 0 saturated heterocycles. The monoisotopic (exact) mass is 995 g/mol. The average molecular weight is 995 g/mol. The Bertz CT molecular complexity index is 2320. The molecule has 3 aliphatic rings. The summed E-state index contributed by atoms with van der Waals surface area (Å²) in [5.41, 5.74) is 3.31. The first kappa shape index (κ1) is 55.4. The van der Waals surface area contributed by atoms with Gasteiger partial charge in [-0.25, -0.2) is 9.18 Å². The van der Waals surface area contributed by atoms with E-state index in [0.717, 1.165) is 43.2 Å². The van der Waals surface area contributed by atoms with Crippen LogP contribution < -0.4 is 14.8 Å². The molecular formula is C57H75FN4O10. The van der Waals surface area contributed by atoms with Gasteiger partial charge in [-0.15, -0.1) is 6.58 Å². The number of hydrogen-bond donors (Lipinski definition) is 3. The summed E-state index contributed by atoms with van der Waals surface area (Å²) in [6.45, 7) is 6.84. The smallest absolute Gasteiger partial charge is 0.412 e. The molecule has 3 aromatic rings. The van der Waals surface area contributed by atoms with E-state index in [2.05, 4.69) is 30.1 Å². The normalized spacial score (nSPS) is 21.5. The number of nitro groups is 1. The van der Waals surface area contributed by atoms with Gasteiger partial charge in [0.25, 0.3) is 5.69 Å². The van der Waals surface area contributed by atoms with Crippen LogP contribution in [0.2, 0.25) is 0 Å². The van der Waals surface area contributed by atoms with Gasteiger partial charge in [0.2, 0.25) is 11.7 Å². The number of amides is 2. The van der Waals surface area contributed by atoms with E-state index in [1.807, 2.05) is 6.07 Å². The summed E-state index contributed by atoms with van der Waals surface area (Å²) < 4.78 is 34.8. The van der Waals surface area contributed by atoms with Crippen molar-refractivity contribution in [2.45, 2.75) is 140 Å². The van der Waals surface area contributed by atoms with E-state index in [4.69, 9.17) is 19.0 Å². The van der Waals surface area contributed by atoms with Gasteiger partial charge < -0.3 is 39.5 Å². The van der Waals surface area contributed by atoms with Crippen LogP contribution in [0.15, 0.2) is 102 Å². The number of ether oxygens (including phenoxy) is 3. The zero-order valence-electron chi connectivity index (χ0n) is 42.2.